The highest BCUT2D eigenvalue weighted by molar-refractivity contribution is 7.98. The third-order valence-electron chi connectivity index (χ3n) is 4.70. The Morgan fingerprint density at radius 2 is 1.96 bits per heavy atom. The molecule has 142 valence electrons. The van der Waals surface area contributed by atoms with E-state index in [0.29, 0.717) is 27.9 Å². The maximum absolute atomic E-state index is 12.8. The van der Waals surface area contributed by atoms with Gasteiger partial charge in [0, 0.05) is 18.1 Å². The summed E-state index contributed by atoms with van der Waals surface area (Å²) in [7, 11) is 0. The molecular weight excluding hydrogens is 374 g/mol. The first-order chi connectivity index (χ1) is 13.5. The van der Waals surface area contributed by atoms with E-state index in [2.05, 4.69) is 15.3 Å². The molecule has 7 heteroatoms. The zero-order valence-electron chi connectivity index (χ0n) is 15.2. The molecule has 1 aliphatic rings. The number of phenols is 1. The molecule has 0 saturated carbocycles. The molecular formula is C21H19N3O3S. The molecule has 6 nitrogen and oxygen atoms in total. The van der Waals surface area contributed by atoms with Gasteiger partial charge in [0.15, 0.2) is 5.16 Å². The summed E-state index contributed by atoms with van der Waals surface area (Å²) in [6, 6.07) is 14.8. The molecule has 0 spiro atoms. The van der Waals surface area contributed by atoms with Gasteiger partial charge in [0.25, 0.3) is 5.56 Å². The molecule has 0 aliphatic carbocycles. The van der Waals surface area contributed by atoms with Gasteiger partial charge in [-0.15, -0.1) is 0 Å². The van der Waals surface area contributed by atoms with Crippen LogP contribution in [0.3, 0.4) is 0 Å². The molecule has 0 saturated heterocycles. The number of phenolic OH excluding ortho intramolecular Hbond substituents is 1. The number of hydrogen-bond donors (Lipinski definition) is 3. The second-order valence-electron chi connectivity index (χ2n) is 6.81. The van der Waals surface area contributed by atoms with Crippen LogP contribution in [-0.2, 0) is 10.5 Å². The number of benzene rings is 2. The molecule has 0 bridgehead atoms. The number of hydrogen-bond acceptors (Lipinski definition) is 5. The standard InChI is InChI=1S/C21H19N3O3S/c1-12-5-7-13(8-6-12)11-28-21-23-19-18(20(27)24-21)16(10-17(26)22-19)14-3-2-4-15(25)9-14/h2-9,16,25H,10-11H2,1H3,(H2,22,23,24,26,27)/t16-/m1/s1. The van der Waals surface area contributed by atoms with Crippen molar-refractivity contribution in [1.29, 1.82) is 0 Å². The maximum Gasteiger partial charge on any atom is 0.257 e. The zero-order valence-corrected chi connectivity index (χ0v) is 16.0. The van der Waals surface area contributed by atoms with Crippen molar-refractivity contribution in [1.82, 2.24) is 9.97 Å². The minimum atomic E-state index is -0.441. The van der Waals surface area contributed by atoms with Gasteiger partial charge in [-0.25, -0.2) is 4.98 Å². The van der Waals surface area contributed by atoms with Crippen LogP contribution in [0.5, 0.6) is 5.75 Å². The summed E-state index contributed by atoms with van der Waals surface area (Å²) in [5, 5.41) is 12.9. The second kappa shape index (κ2) is 7.52. The number of aromatic amines is 1. The van der Waals surface area contributed by atoms with E-state index in [9.17, 15) is 14.7 Å². The summed E-state index contributed by atoms with van der Waals surface area (Å²) in [5.41, 5.74) is 3.17. The fraction of sp³-hybridized carbons (Fsp3) is 0.190. The Labute approximate surface area is 166 Å². The van der Waals surface area contributed by atoms with Crippen LogP contribution in [0.15, 0.2) is 58.5 Å². The van der Waals surface area contributed by atoms with Crippen molar-refractivity contribution < 1.29 is 9.90 Å². The number of amides is 1. The van der Waals surface area contributed by atoms with Gasteiger partial charge in [-0.2, -0.15) is 0 Å². The second-order valence-corrected chi connectivity index (χ2v) is 7.77. The molecule has 0 fully saturated rings. The van der Waals surface area contributed by atoms with E-state index in [0.717, 1.165) is 5.56 Å². The number of H-pyrrole nitrogens is 1. The van der Waals surface area contributed by atoms with Crippen molar-refractivity contribution in [2.75, 3.05) is 5.32 Å². The smallest absolute Gasteiger partial charge is 0.257 e. The summed E-state index contributed by atoms with van der Waals surface area (Å²) in [4.78, 5) is 32.3. The van der Waals surface area contributed by atoms with E-state index in [4.69, 9.17) is 0 Å². The van der Waals surface area contributed by atoms with E-state index in [-0.39, 0.29) is 23.6 Å². The molecule has 3 N–H and O–H groups in total. The molecule has 2 aromatic carbocycles. The number of fused-ring (bicyclic) bond motifs is 1. The monoisotopic (exact) mass is 393 g/mol. The Kier molecular flexibility index (Phi) is 4.92. The van der Waals surface area contributed by atoms with E-state index in [1.54, 1.807) is 24.3 Å². The van der Waals surface area contributed by atoms with Crippen LogP contribution < -0.4 is 10.9 Å². The largest absolute Gasteiger partial charge is 0.508 e. The van der Waals surface area contributed by atoms with Gasteiger partial charge in [0.2, 0.25) is 5.91 Å². The summed E-state index contributed by atoms with van der Waals surface area (Å²) in [6.45, 7) is 2.03. The average molecular weight is 393 g/mol. The Balaban J connectivity index is 1.65. The van der Waals surface area contributed by atoms with Gasteiger partial charge in [-0.3, -0.25) is 9.59 Å². The fourth-order valence-electron chi connectivity index (χ4n) is 3.28. The molecule has 0 unspecified atom stereocenters. The van der Waals surface area contributed by atoms with Gasteiger partial charge in [-0.1, -0.05) is 53.7 Å². The molecule has 1 aliphatic heterocycles. The first kappa shape index (κ1) is 18.3. The topological polar surface area (TPSA) is 95.1 Å². The molecule has 28 heavy (non-hydrogen) atoms. The molecule has 2 heterocycles. The lowest BCUT2D eigenvalue weighted by atomic mass is 9.87. The quantitative estimate of drug-likeness (QED) is 0.465. The highest BCUT2D eigenvalue weighted by Gasteiger charge is 2.31. The number of nitrogens with zero attached hydrogens (tertiary/aromatic N) is 1. The number of aromatic hydroxyl groups is 1. The molecule has 1 amide bonds. The number of carbonyl (C=O) groups is 1. The van der Waals surface area contributed by atoms with Crippen molar-refractivity contribution in [2.24, 2.45) is 0 Å². The van der Waals surface area contributed by atoms with Crippen molar-refractivity contribution >= 4 is 23.5 Å². The van der Waals surface area contributed by atoms with Crippen LogP contribution in [0.2, 0.25) is 0 Å². The predicted molar refractivity (Wildman–Crippen MR) is 109 cm³/mol. The van der Waals surface area contributed by atoms with E-state index in [1.165, 1.54) is 17.3 Å². The van der Waals surface area contributed by atoms with Crippen molar-refractivity contribution in [3.05, 3.63) is 81.1 Å². The number of carbonyl (C=O) groups excluding carboxylic acids is 1. The normalized spacial score (nSPS) is 15.8. The third kappa shape index (κ3) is 3.80. The lowest BCUT2D eigenvalue weighted by molar-refractivity contribution is -0.116. The van der Waals surface area contributed by atoms with Gasteiger partial charge in [0.05, 0.1) is 5.56 Å². The van der Waals surface area contributed by atoms with Crippen LogP contribution >= 0.6 is 11.8 Å². The number of nitrogens with one attached hydrogen (secondary N) is 2. The third-order valence-corrected chi connectivity index (χ3v) is 5.64. The van der Waals surface area contributed by atoms with Crippen LogP contribution in [0.25, 0.3) is 0 Å². The molecule has 1 aromatic heterocycles. The van der Waals surface area contributed by atoms with Crippen LogP contribution in [-0.4, -0.2) is 21.0 Å². The van der Waals surface area contributed by atoms with E-state index in [1.807, 2.05) is 31.2 Å². The van der Waals surface area contributed by atoms with Crippen LogP contribution in [0.1, 0.15) is 34.6 Å². The first-order valence-electron chi connectivity index (χ1n) is 8.91. The van der Waals surface area contributed by atoms with Crippen LogP contribution in [0.4, 0.5) is 5.82 Å². The van der Waals surface area contributed by atoms with Crippen LogP contribution in [0, 0.1) is 6.92 Å². The number of anilines is 1. The van der Waals surface area contributed by atoms with E-state index >= 15 is 0 Å². The van der Waals surface area contributed by atoms with Crippen molar-refractivity contribution in [3.8, 4) is 5.75 Å². The van der Waals surface area contributed by atoms with E-state index < -0.39 is 5.92 Å². The first-order valence-corrected chi connectivity index (χ1v) is 9.89. The Morgan fingerprint density at radius 1 is 1.18 bits per heavy atom. The molecule has 3 aromatic rings. The van der Waals surface area contributed by atoms with Gasteiger partial charge < -0.3 is 15.4 Å². The number of aromatic nitrogens is 2. The zero-order chi connectivity index (χ0) is 19.7. The minimum absolute atomic E-state index is 0.0969. The number of aryl methyl sites for hydroxylation is 1. The minimum Gasteiger partial charge on any atom is -0.508 e. The fourth-order valence-corrected chi connectivity index (χ4v) is 4.10. The Morgan fingerprint density at radius 3 is 2.71 bits per heavy atom. The lowest BCUT2D eigenvalue weighted by Gasteiger charge is -2.24. The van der Waals surface area contributed by atoms with Gasteiger partial charge >= 0.3 is 0 Å². The highest BCUT2D eigenvalue weighted by atomic mass is 32.2. The molecule has 1 atom stereocenters. The van der Waals surface area contributed by atoms with Crippen molar-refractivity contribution in [3.63, 3.8) is 0 Å². The van der Waals surface area contributed by atoms with Gasteiger partial charge in [-0.05, 0) is 30.2 Å². The summed E-state index contributed by atoms with van der Waals surface area (Å²) >= 11 is 1.41. The predicted octanol–water partition coefficient (Wildman–Crippen LogP) is 3.55. The Hall–Kier alpha value is -3.06. The SMILES string of the molecule is Cc1ccc(CSc2nc3c(c(=O)[nH]2)[C@@H](c2cccc(O)c2)CC(=O)N3)cc1. The number of rotatable bonds is 4. The average Bonchev–Trinajstić information content (AvgIpc) is 2.66. The summed E-state index contributed by atoms with van der Waals surface area (Å²) in [5.74, 6) is 0.405. The summed E-state index contributed by atoms with van der Waals surface area (Å²) < 4.78 is 0. The highest BCUT2D eigenvalue weighted by Crippen LogP contribution is 2.35. The van der Waals surface area contributed by atoms with Crippen molar-refractivity contribution in [2.45, 2.75) is 30.2 Å². The lowest BCUT2D eigenvalue weighted by Crippen LogP contribution is -2.31. The Bertz CT molecular complexity index is 1090. The summed E-state index contributed by atoms with van der Waals surface area (Å²) in [6.07, 6.45) is 0.136. The molecule has 0 radical (unpaired) electrons. The van der Waals surface area contributed by atoms with Gasteiger partial charge in [0.1, 0.15) is 11.6 Å². The maximum atomic E-state index is 12.8. The number of thioether (sulfide) groups is 1. The molecule has 4 rings (SSSR count).